The SMILES string of the molecule is CC(C)NC(=O)/C(C#N)=C/c1ccc(C(=O)[O-])cc1. The lowest BCUT2D eigenvalue weighted by Gasteiger charge is -2.07. The minimum absolute atomic E-state index is 0.0325. The Hall–Kier alpha value is -2.61. The van der Waals surface area contributed by atoms with Crippen LogP contribution in [0.1, 0.15) is 29.8 Å². The number of carboxylic acids is 1. The van der Waals surface area contributed by atoms with Crippen molar-refractivity contribution in [2.45, 2.75) is 19.9 Å². The van der Waals surface area contributed by atoms with Crippen LogP contribution in [0.2, 0.25) is 0 Å². The van der Waals surface area contributed by atoms with Gasteiger partial charge in [-0.25, -0.2) is 0 Å². The number of rotatable bonds is 4. The smallest absolute Gasteiger partial charge is 0.262 e. The number of amides is 1. The first-order chi connectivity index (χ1) is 8.93. The zero-order chi connectivity index (χ0) is 14.4. The Morgan fingerprint density at radius 3 is 2.32 bits per heavy atom. The highest BCUT2D eigenvalue weighted by Gasteiger charge is 2.09. The van der Waals surface area contributed by atoms with Crippen LogP contribution in [0.5, 0.6) is 0 Å². The van der Waals surface area contributed by atoms with Gasteiger partial charge < -0.3 is 15.2 Å². The summed E-state index contributed by atoms with van der Waals surface area (Å²) < 4.78 is 0. The van der Waals surface area contributed by atoms with Crippen molar-refractivity contribution in [3.8, 4) is 6.07 Å². The quantitative estimate of drug-likeness (QED) is 0.627. The van der Waals surface area contributed by atoms with E-state index in [9.17, 15) is 14.7 Å². The van der Waals surface area contributed by atoms with E-state index in [2.05, 4.69) is 5.32 Å². The first-order valence-electron chi connectivity index (χ1n) is 5.68. The van der Waals surface area contributed by atoms with Crippen LogP contribution >= 0.6 is 0 Å². The van der Waals surface area contributed by atoms with E-state index < -0.39 is 11.9 Å². The Balaban J connectivity index is 2.95. The van der Waals surface area contributed by atoms with Crippen molar-refractivity contribution in [2.24, 2.45) is 0 Å². The Bertz CT molecular complexity index is 551. The van der Waals surface area contributed by atoms with Gasteiger partial charge in [-0.2, -0.15) is 5.26 Å². The summed E-state index contributed by atoms with van der Waals surface area (Å²) in [6.45, 7) is 3.59. The van der Waals surface area contributed by atoms with Gasteiger partial charge in [-0.05, 0) is 31.1 Å². The highest BCUT2D eigenvalue weighted by atomic mass is 16.4. The van der Waals surface area contributed by atoms with Gasteiger partial charge in [0, 0.05) is 6.04 Å². The Kier molecular flexibility index (Phi) is 4.84. The monoisotopic (exact) mass is 257 g/mol. The number of nitrogens with one attached hydrogen (secondary N) is 1. The van der Waals surface area contributed by atoms with Crippen molar-refractivity contribution >= 4 is 18.0 Å². The van der Waals surface area contributed by atoms with Gasteiger partial charge in [-0.3, -0.25) is 4.79 Å². The zero-order valence-electron chi connectivity index (χ0n) is 10.6. The molecule has 0 aliphatic carbocycles. The standard InChI is InChI=1S/C14H14N2O3/c1-9(2)16-13(17)12(8-15)7-10-3-5-11(6-4-10)14(18)19/h3-7,9H,1-2H3,(H,16,17)(H,18,19)/p-1/b12-7+. The van der Waals surface area contributed by atoms with Gasteiger partial charge in [0.2, 0.25) is 0 Å². The molecule has 0 saturated heterocycles. The van der Waals surface area contributed by atoms with E-state index >= 15 is 0 Å². The second-order valence-corrected chi connectivity index (χ2v) is 4.21. The predicted octanol–water partition coefficient (Wildman–Crippen LogP) is 0.482. The molecule has 0 spiro atoms. The molecule has 1 amide bonds. The first-order valence-corrected chi connectivity index (χ1v) is 5.68. The number of nitrogens with zero attached hydrogens (tertiary/aromatic N) is 1. The van der Waals surface area contributed by atoms with E-state index in [0.717, 1.165) is 0 Å². The molecule has 19 heavy (non-hydrogen) atoms. The maximum absolute atomic E-state index is 11.7. The van der Waals surface area contributed by atoms with Gasteiger partial charge in [0.25, 0.3) is 5.91 Å². The average molecular weight is 257 g/mol. The maximum Gasteiger partial charge on any atom is 0.262 e. The number of benzene rings is 1. The van der Waals surface area contributed by atoms with Crippen LogP contribution in [0.4, 0.5) is 0 Å². The predicted molar refractivity (Wildman–Crippen MR) is 67.6 cm³/mol. The molecule has 0 aliphatic rings. The van der Waals surface area contributed by atoms with Crippen molar-refractivity contribution in [1.82, 2.24) is 5.32 Å². The summed E-state index contributed by atoms with van der Waals surface area (Å²) in [7, 11) is 0. The molecule has 1 N–H and O–H groups in total. The molecule has 98 valence electrons. The van der Waals surface area contributed by atoms with Gasteiger partial charge in [0.15, 0.2) is 0 Å². The molecular weight excluding hydrogens is 244 g/mol. The summed E-state index contributed by atoms with van der Waals surface area (Å²) in [5, 5.41) is 22.1. The lowest BCUT2D eigenvalue weighted by molar-refractivity contribution is -0.255. The summed E-state index contributed by atoms with van der Waals surface area (Å²) in [6, 6.07) is 7.47. The molecule has 1 aromatic rings. The summed E-state index contributed by atoms with van der Waals surface area (Å²) in [5.41, 5.74) is 0.581. The van der Waals surface area contributed by atoms with Crippen molar-refractivity contribution in [3.63, 3.8) is 0 Å². The van der Waals surface area contributed by atoms with Gasteiger partial charge in [-0.1, -0.05) is 24.3 Å². The number of hydrogen-bond acceptors (Lipinski definition) is 4. The van der Waals surface area contributed by atoms with Crippen LogP contribution in [0.25, 0.3) is 6.08 Å². The van der Waals surface area contributed by atoms with E-state index in [4.69, 9.17) is 5.26 Å². The second kappa shape index (κ2) is 6.36. The molecule has 0 aromatic heterocycles. The third kappa shape index (κ3) is 4.28. The van der Waals surface area contributed by atoms with Crippen molar-refractivity contribution in [3.05, 3.63) is 41.0 Å². The third-order valence-corrected chi connectivity index (χ3v) is 2.24. The molecule has 1 aromatic carbocycles. The first kappa shape index (κ1) is 14.5. The van der Waals surface area contributed by atoms with Gasteiger partial charge in [-0.15, -0.1) is 0 Å². The minimum atomic E-state index is -1.27. The Morgan fingerprint density at radius 2 is 1.89 bits per heavy atom. The summed E-state index contributed by atoms with van der Waals surface area (Å²) in [5.74, 6) is -1.73. The van der Waals surface area contributed by atoms with E-state index in [1.165, 1.54) is 30.3 Å². The number of carbonyl (C=O) groups excluding carboxylic acids is 2. The molecule has 0 unspecified atom stereocenters. The van der Waals surface area contributed by atoms with Gasteiger partial charge in [0.05, 0.1) is 5.97 Å². The number of aromatic carboxylic acids is 1. The molecule has 0 bridgehead atoms. The second-order valence-electron chi connectivity index (χ2n) is 4.21. The summed E-state index contributed by atoms with van der Waals surface area (Å²) in [4.78, 5) is 22.2. The van der Waals surface area contributed by atoms with Crippen molar-refractivity contribution in [1.29, 1.82) is 5.26 Å². The molecule has 0 heterocycles. The number of nitriles is 1. The highest BCUT2D eigenvalue weighted by molar-refractivity contribution is 6.01. The van der Waals surface area contributed by atoms with Crippen LogP contribution in [0.3, 0.4) is 0 Å². The van der Waals surface area contributed by atoms with Crippen molar-refractivity contribution < 1.29 is 14.7 Å². The van der Waals surface area contributed by atoms with E-state index in [1.807, 2.05) is 6.07 Å². The van der Waals surface area contributed by atoms with Crippen LogP contribution < -0.4 is 10.4 Å². The van der Waals surface area contributed by atoms with Crippen LogP contribution in [0.15, 0.2) is 29.8 Å². The molecule has 0 saturated carbocycles. The largest absolute Gasteiger partial charge is 0.545 e. The Morgan fingerprint density at radius 1 is 1.32 bits per heavy atom. The fraction of sp³-hybridized carbons (Fsp3) is 0.214. The molecule has 0 atom stereocenters. The molecule has 5 nitrogen and oxygen atoms in total. The summed E-state index contributed by atoms with van der Waals surface area (Å²) in [6.07, 6.45) is 1.40. The lowest BCUT2D eigenvalue weighted by atomic mass is 10.1. The van der Waals surface area contributed by atoms with Crippen LogP contribution in [-0.2, 0) is 4.79 Å². The third-order valence-electron chi connectivity index (χ3n) is 2.24. The number of hydrogen-bond donors (Lipinski definition) is 1. The molecule has 0 aliphatic heterocycles. The molecular formula is C14H13N2O3-. The molecule has 0 radical (unpaired) electrons. The molecule has 5 heteroatoms. The topological polar surface area (TPSA) is 93.0 Å². The average Bonchev–Trinajstić information content (AvgIpc) is 2.35. The zero-order valence-corrected chi connectivity index (χ0v) is 10.6. The van der Waals surface area contributed by atoms with E-state index in [1.54, 1.807) is 13.8 Å². The summed E-state index contributed by atoms with van der Waals surface area (Å²) >= 11 is 0. The van der Waals surface area contributed by atoms with E-state index in [-0.39, 0.29) is 17.2 Å². The van der Waals surface area contributed by atoms with Crippen molar-refractivity contribution in [2.75, 3.05) is 0 Å². The minimum Gasteiger partial charge on any atom is -0.545 e. The molecule has 0 fully saturated rings. The number of carboxylic acid groups (broad SMARTS) is 1. The lowest BCUT2D eigenvalue weighted by Crippen LogP contribution is -2.30. The van der Waals surface area contributed by atoms with E-state index in [0.29, 0.717) is 5.56 Å². The van der Waals surface area contributed by atoms with Gasteiger partial charge >= 0.3 is 0 Å². The fourth-order valence-electron chi connectivity index (χ4n) is 1.37. The number of carbonyl (C=O) groups is 2. The normalized spacial score (nSPS) is 10.9. The fourth-order valence-corrected chi connectivity index (χ4v) is 1.37. The van der Waals surface area contributed by atoms with Crippen LogP contribution in [0, 0.1) is 11.3 Å². The Labute approximate surface area is 111 Å². The van der Waals surface area contributed by atoms with Crippen LogP contribution in [-0.4, -0.2) is 17.9 Å². The molecule has 1 rings (SSSR count). The van der Waals surface area contributed by atoms with Gasteiger partial charge in [0.1, 0.15) is 11.6 Å². The highest BCUT2D eigenvalue weighted by Crippen LogP contribution is 2.09. The maximum atomic E-state index is 11.7.